The first-order valence-corrected chi connectivity index (χ1v) is 16.7. The molecule has 2 aliphatic rings. The predicted octanol–water partition coefficient (Wildman–Crippen LogP) is 7.39. The second-order valence-corrected chi connectivity index (χ2v) is 12.8. The van der Waals surface area contributed by atoms with Gasteiger partial charge in [0.1, 0.15) is 23.0 Å². The molecule has 0 unspecified atom stereocenters. The lowest BCUT2D eigenvalue weighted by atomic mass is 9.66. The van der Waals surface area contributed by atoms with Gasteiger partial charge in [0, 0.05) is 23.3 Å². The van der Waals surface area contributed by atoms with Gasteiger partial charge in [-0.3, -0.25) is 0 Å². The summed E-state index contributed by atoms with van der Waals surface area (Å²) in [7, 11) is 0. The number of fused-ring (bicyclic) bond motifs is 9. The Morgan fingerprint density at radius 2 is 0.821 bits per heavy atom. The van der Waals surface area contributed by atoms with Crippen molar-refractivity contribution in [2.45, 2.75) is 5.41 Å². The van der Waals surface area contributed by atoms with Gasteiger partial charge in [0.2, 0.25) is 0 Å². The van der Waals surface area contributed by atoms with Gasteiger partial charge in [0.25, 0.3) is 0 Å². The molecule has 0 fully saturated rings. The number of hydrogen-bond acceptors (Lipinski definition) is 9. The molecule has 1 spiro atoms. The fourth-order valence-corrected chi connectivity index (χ4v) is 7.40. The minimum Gasteiger partial charge on any atom is -0.478 e. The van der Waals surface area contributed by atoms with Crippen LogP contribution in [0.3, 0.4) is 0 Å². The second kappa shape index (κ2) is 13.1. The summed E-state index contributed by atoms with van der Waals surface area (Å²) in [4.78, 5) is 73.1. The summed E-state index contributed by atoms with van der Waals surface area (Å²) in [5.41, 5.74) is 1.58. The van der Waals surface area contributed by atoms with E-state index in [2.05, 4.69) is 0 Å². The summed E-state index contributed by atoms with van der Waals surface area (Å²) < 4.78 is 17.8. The number of aromatic carboxylic acids is 4. The lowest BCUT2D eigenvalue weighted by Gasteiger charge is -2.39. The molecule has 4 N–H and O–H groups in total. The molecule has 1 aliphatic heterocycles. The van der Waals surface area contributed by atoms with E-state index < -0.39 is 63.5 Å². The van der Waals surface area contributed by atoms with Crippen molar-refractivity contribution in [3.63, 3.8) is 0 Å². The van der Waals surface area contributed by atoms with Crippen LogP contribution in [0.4, 0.5) is 0 Å². The van der Waals surface area contributed by atoms with Crippen molar-refractivity contribution in [1.29, 1.82) is 0 Å². The van der Waals surface area contributed by atoms with Crippen LogP contribution in [0.1, 0.15) is 84.4 Å². The SMILES string of the molecule is O=C(Oc1ccc2c(c1)Oc1cc(OC(=O)c3ccc(C(=O)O)c(C(=O)O)c3)ccc1C21c2ccccc2-c2ccccc21)c1ccc(C(=O)O)c(C(=O)O)c1. The Morgan fingerprint density at radius 3 is 1.21 bits per heavy atom. The molecule has 0 bridgehead atoms. The van der Waals surface area contributed by atoms with Gasteiger partial charge in [0.15, 0.2) is 0 Å². The number of carbonyl (C=O) groups is 6. The smallest absolute Gasteiger partial charge is 0.343 e. The Balaban J connectivity index is 1.22. The third-order valence-corrected chi connectivity index (χ3v) is 9.74. The number of carboxylic acid groups (broad SMARTS) is 4. The van der Waals surface area contributed by atoms with Crippen molar-refractivity contribution in [1.82, 2.24) is 0 Å². The number of carbonyl (C=O) groups excluding carboxylic acids is 2. The van der Waals surface area contributed by atoms with Gasteiger partial charge in [-0.2, -0.15) is 0 Å². The zero-order valence-electron chi connectivity index (χ0n) is 28.5. The average molecular weight is 749 g/mol. The van der Waals surface area contributed by atoms with E-state index in [-0.39, 0.29) is 34.1 Å². The first kappa shape index (κ1) is 35.0. The van der Waals surface area contributed by atoms with Crippen LogP contribution in [0.5, 0.6) is 23.0 Å². The third kappa shape index (κ3) is 5.50. The highest BCUT2D eigenvalue weighted by atomic mass is 16.5. The largest absolute Gasteiger partial charge is 0.478 e. The molecule has 13 nitrogen and oxygen atoms in total. The molecule has 1 heterocycles. The number of carboxylic acids is 4. The number of benzene rings is 6. The summed E-state index contributed by atoms with van der Waals surface area (Å²) in [5.74, 6) is -7.36. The predicted molar refractivity (Wildman–Crippen MR) is 194 cm³/mol. The van der Waals surface area contributed by atoms with Crippen molar-refractivity contribution in [2.75, 3.05) is 0 Å². The van der Waals surface area contributed by atoms with Gasteiger partial charge in [-0.25, -0.2) is 28.8 Å². The van der Waals surface area contributed by atoms with Crippen LogP contribution in [-0.4, -0.2) is 56.2 Å². The Bertz CT molecular complexity index is 2560. The van der Waals surface area contributed by atoms with Crippen molar-refractivity contribution in [3.05, 3.63) is 177 Å². The summed E-state index contributed by atoms with van der Waals surface area (Å²) >= 11 is 0. The van der Waals surface area contributed by atoms with Crippen molar-refractivity contribution < 1.29 is 63.4 Å². The molecule has 8 rings (SSSR count). The van der Waals surface area contributed by atoms with E-state index in [1.165, 1.54) is 12.1 Å². The molecule has 0 aromatic heterocycles. The minimum atomic E-state index is -1.54. The molecule has 6 aromatic carbocycles. The quantitative estimate of drug-likeness (QED) is 0.0883. The standard InChI is InChI=1S/C43H24O13/c44-37(45)27-13-9-21(17-29(27)39(48)49)41(52)54-23-11-15-33-35(19-23)56-36-20-24(55-42(53)22-10-14-28(38(46)47)30(18-22)40(50)51)12-16-34(36)43(33)31-7-3-1-5-25(31)26-6-2-4-8-32(26)43/h1-20H,(H,44,45)(H,46,47)(H,48,49)(H,50,51). The highest BCUT2D eigenvalue weighted by molar-refractivity contribution is 6.05. The van der Waals surface area contributed by atoms with E-state index in [9.17, 15) is 49.2 Å². The van der Waals surface area contributed by atoms with Gasteiger partial charge in [0.05, 0.1) is 38.8 Å². The van der Waals surface area contributed by atoms with Crippen LogP contribution in [0.15, 0.2) is 121 Å². The van der Waals surface area contributed by atoms with Gasteiger partial charge in [-0.05, 0) is 70.8 Å². The van der Waals surface area contributed by atoms with E-state index in [0.29, 0.717) is 11.1 Å². The number of rotatable bonds is 8. The maximum absolute atomic E-state index is 13.3. The molecule has 1 aliphatic carbocycles. The third-order valence-electron chi connectivity index (χ3n) is 9.74. The lowest BCUT2D eigenvalue weighted by molar-refractivity contribution is 0.0650. The molecule has 274 valence electrons. The molecule has 6 aromatic rings. The Labute approximate surface area is 315 Å². The second-order valence-electron chi connectivity index (χ2n) is 12.8. The molecule has 0 saturated carbocycles. The molecular formula is C43H24O13. The highest BCUT2D eigenvalue weighted by Crippen LogP contribution is 2.62. The van der Waals surface area contributed by atoms with Crippen LogP contribution in [0.2, 0.25) is 0 Å². The summed E-state index contributed by atoms with van der Waals surface area (Å²) in [6, 6.07) is 31.5. The maximum Gasteiger partial charge on any atom is 0.343 e. The van der Waals surface area contributed by atoms with Gasteiger partial charge < -0.3 is 34.6 Å². The Hall–Kier alpha value is -8.06. The summed E-state index contributed by atoms with van der Waals surface area (Å²) in [6.07, 6.45) is 0. The van der Waals surface area contributed by atoms with Crippen LogP contribution in [-0.2, 0) is 5.41 Å². The molecular weight excluding hydrogens is 724 g/mol. The van der Waals surface area contributed by atoms with E-state index in [4.69, 9.17) is 14.2 Å². The first-order valence-electron chi connectivity index (χ1n) is 16.7. The molecule has 0 amide bonds. The van der Waals surface area contributed by atoms with E-state index in [1.807, 2.05) is 48.5 Å². The molecule has 13 heteroatoms. The van der Waals surface area contributed by atoms with Gasteiger partial charge in [-0.15, -0.1) is 0 Å². The zero-order chi connectivity index (χ0) is 39.5. The number of ether oxygens (including phenoxy) is 3. The number of esters is 2. The van der Waals surface area contributed by atoms with Gasteiger partial charge in [-0.1, -0.05) is 60.7 Å². The van der Waals surface area contributed by atoms with Crippen LogP contribution >= 0.6 is 0 Å². The van der Waals surface area contributed by atoms with E-state index in [0.717, 1.165) is 58.7 Å². The lowest BCUT2D eigenvalue weighted by Crippen LogP contribution is -2.32. The first-order chi connectivity index (χ1) is 26.9. The Kier molecular flexibility index (Phi) is 8.19. The zero-order valence-corrected chi connectivity index (χ0v) is 28.5. The highest BCUT2D eigenvalue weighted by Gasteiger charge is 2.51. The van der Waals surface area contributed by atoms with Crippen molar-refractivity contribution >= 4 is 35.8 Å². The number of hydrogen-bond donors (Lipinski definition) is 4. The average Bonchev–Trinajstić information content (AvgIpc) is 3.47. The molecule has 0 atom stereocenters. The minimum absolute atomic E-state index is 0.0210. The van der Waals surface area contributed by atoms with Gasteiger partial charge >= 0.3 is 35.8 Å². The molecule has 0 radical (unpaired) electrons. The fourth-order valence-electron chi connectivity index (χ4n) is 7.40. The summed E-state index contributed by atoms with van der Waals surface area (Å²) in [5, 5.41) is 37.9. The van der Waals surface area contributed by atoms with Crippen LogP contribution in [0, 0.1) is 0 Å². The topological polar surface area (TPSA) is 211 Å². The normalized spacial score (nSPS) is 12.6. The fraction of sp³-hybridized carbons (Fsp3) is 0.0233. The monoisotopic (exact) mass is 748 g/mol. The van der Waals surface area contributed by atoms with Crippen molar-refractivity contribution in [3.8, 4) is 34.1 Å². The maximum atomic E-state index is 13.3. The van der Waals surface area contributed by atoms with E-state index >= 15 is 0 Å². The van der Waals surface area contributed by atoms with Crippen LogP contribution in [0.25, 0.3) is 11.1 Å². The summed E-state index contributed by atoms with van der Waals surface area (Å²) in [6.45, 7) is 0. The Morgan fingerprint density at radius 1 is 0.429 bits per heavy atom. The van der Waals surface area contributed by atoms with Crippen molar-refractivity contribution in [2.24, 2.45) is 0 Å². The molecule has 56 heavy (non-hydrogen) atoms. The van der Waals surface area contributed by atoms with Crippen LogP contribution < -0.4 is 14.2 Å². The molecule has 0 saturated heterocycles. The van der Waals surface area contributed by atoms with E-state index in [1.54, 1.807) is 24.3 Å².